The number of likely N-dealkylation sites (tertiary alicyclic amines) is 1. The first-order valence-corrected chi connectivity index (χ1v) is 9.56. The van der Waals surface area contributed by atoms with Gasteiger partial charge in [-0.15, -0.1) is 0 Å². The first kappa shape index (κ1) is 20.2. The van der Waals surface area contributed by atoms with Gasteiger partial charge in [-0.05, 0) is 54.8 Å². The minimum atomic E-state index is -0.210. The summed E-state index contributed by atoms with van der Waals surface area (Å²) in [5.41, 5.74) is 2.10. The number of ether oxygens (including phenoxy) is 1. The van der Waals surface area contributed by atoms with E-state index in [2.05, 4.69) is 10.6 Å². The van der Waals surface area contributed by atoms with Crippen LogP contribution in [0.15, 0.2) is 48.5 Å². The van der Waals surface area contributed by atoms with Crippen molar-refractivity contribution < 1.29 is 14.3 Å². The number of benzene rings is 2. The molecule has 1 aliphatic heterocycles. The number of carbonyl (C=O) groups excluding carboxylic acids is 2. The van der Waals surface area contributed by atoms with Crippen molar-refractivity contribution in [3.05, 3.63) is 65.2 Å². The Bertz CT molecular complexity index is 880. The molecule has 0 atom stereocenters. The van der Waals surface area contributed by atoms with Crippen LogP contribution in [0.1, 0.15) is 34.3 Å². The summed E-state index contributed by atoms with van der Waals surface area (Å²) >= 11 is 0. The summed E-state index contributed by atoms with van der Waals surface area (Å²) < 4.78 is 5.12. The summed E-state index contributed by atoms with van der Waals surface area (Å²) in [4.78, 5) is 26.5. The van der Waals surface area contributed by atoms with Crippen LogP contribution in [-0.2, 0) is 6.54 Å². The van der Waals surface area contributed by atoms with E-state index < -0.39 is 0 Å². The minimum absolute atomic E-state index is 0.0379. The second-order valence-corrected chi connectivity index (χ2v) is 6.93. The molecule has 150 valence electrons. The molecule has 0 aromatic heterocycles. The van der Waals surface area contributed by atoms with Crippen LogP contribution in [0.25, 0.3) is 0 Å². The Morgan fingerprint density at radius 1 is 1.10 bits per heavy atom. The molecule has 3 rings (SSSR count). The normalized spacial score (nSPS) is 14.0. The van der Waals surface area contributed by atoms with Gasteiger partial charge in [0.1, 0.15) is 5.75 Å². The molecule has 0 unspecified atom stereocenters. The van der Waals surface area contributed by atoms with Crippen LogP contribution < -0.4 is 15.4 Å². The number of methoxy groups -OCH3 is 1. The molecule has 7 nitrogen and oxygen atoms in total. The van der Waals surface area contributed by atoms with Crippen molar-refractivity contribution in [1.82, 2.24) is 15.5 Å². The average molecular weight is 392 g/mol. The number of urea groups is 1. The van der Waals surface area contributed by atoms with Crippen LogP contribution in [0.2, 0.25) is 0 Å². The van der Waals surface area contributed by atoms with E-state index in [1.54, 1.807) is 36.3 Å². The number of carbonyl (C=O) groups is 2. The average Bonchev–Trinajstić information content (AvgIpc) is 2.78. The van der Waals surface area contributed by atoms with Crippen molar-refractivity contribution in [3.63, 3.8) is 0 Å². The highest BCUT2D eigenvalue weighted by atomic mass is 16.5. The largest absolute Gasteiger partial charge is 0.497 e. The highest BCUT2D eigenvalue weighted by Gasteiger charge is 2.24. The standard InChI is InChI=1S/C22H24N4O3/c1-29-20-8-4-17(5-9-20)15-24-22(28)25-19-10-12-26(13-11-19)21(27)18-6-2-16(14-23)3-7-18/h2-9,19H,10-13,15H2,1H3,(H2,24,25,28). The molecule has 1 heterocycles. The molecule has 0 bridgehead atoms. The molecule has 0 saturated carbocycles. The van der Waals surface area contributed by atoms with E-state index in [0.717, 1.165) is 11.3 Å². The van der Waals surface area contributed by atoms with Gasteiger partial charge in [0.05, 0.1) is 18.7 Å². The molecular weight excluding hydrogens is 368 g/mol. The van der Waals surface area contributed by atoms with Crippen LogP contribution in [0.3, 0.4) is 0 Å². The summed E-state index contributed by atoms with van der Waals surface area (Å²) in [5, 5.41) is 14.7. The summed E-state index contributed by atoms with van der Waals surface area (Å²) in [6, 6.07) is 16.1. The molecule has 2 aromatic rings. The highest BCUT2D eigenvalue weighted by molar-refractivity contribution is 5.94. The number of nitrogens with one attached hydrogen (secondary N) is 2. The van der Waals surface area contributed by atoms with Crippen LogP contribution in [0, 0.1) is 11.3 Å². The van der Waals surface area contributed by atoms with Gasteiger partial charge in [0, 0.05) is 31.2 Å². The summed E-state index contributed by atoms with van der Waals surface area (Å²) in [6.45, 7) is 1.61. The van der Waals surface area contributed by atoms with Crippen molar-refractivity contribution >= 4 is 11.9 Å². The third-order valence-electron chi connectivity index (χ3n) is 4.99. The van der Waals surface area contributed by atoms with E-state index in [4.69, 9.17) is 10.00 Å². The van der Waals surface area contributed by atoms with Gasteiger partial charge in [0.2, 0.25) is 0 Å². The van der Waals surface area contributed by atoms with Gasteiger partial charge >= 0.3 is 6.03 Å². The van der Waals surface area contributed by atoms with Crippen molar-refractivity contribution in [2.45, 2.75) is 25.4 Å². The van der Waals surface area contributed by atoms with Gasteiger partial charge in [-0.1, -0.05) is 12.1 Å². The summed E-state index contributed by atoms with van der Waals surface area (Å²) in [5.74, 6) is 0.734. The van der Waals surface area contributed by atoms with E-state index >= 15 is 0 Å². The zero-order chi connectivity index (χ0) is 20.6. The first-order chi connectivity index (χ1) is 14.1. The third-order valence-corrected chi connectivity index (χ3v) is 4.99. The van der Waals surface area contributed by atoms with Gasteiger partial charge in [-0.25, -0.2) is 4.79 Å². The van der Waals surface area contributed by atoms with E-state index in [1.165, 1.54) is 0 Å². The molecule has 0 spiro atoms. The molecule has 0 aliphatic carbocycles. The zero-order valence-corrected chi connectivity index (χ0v) is 16.4. The number of rotatable bonds is 5. The minimum Gasteiger partial charge on any atom is -0.497 e. The molecule has 2 N–H and O–H groups in total. The SMILES string of the molecule is COc1ccc(CNC(=O)NC2CCN(C(=O)c3ccc(C#N)cc3)CC2)cc1. The zero-order valence-electron chi connectivity index (χ0n) is 16.4. The summed E-state index contributed by atoms with van der Waals surface area (Å²) in [6.07, 6.45) is 1.41. The van der Waals surface area contributed by atoms with Crippen LogP contribution in [-0.4, -0.2) is 43.1 Å². The topological polar surface area (TPSA) is 94.5 Å². The van der Waals surface area contributed by atoms with Gasteiger partial charge in [-0.2, -0.15) is 5.26 Å². The molecule has 1 fully saturated rings. The lowest BCUT2D eigenvalue weighted by Crippen LogP contribution is -2.49. The Kier molecular flexibility index (Phi) is 6.69. The fourth-order valence-corrected chi connectivity index (χ4v) is 3.26. The first-order valence-electron chi connectivity index (χ1n) is 9.56. The van der Waals surface area contributed by atoms with Crippen molar-refractivity contribution in [2.75, 3.05) is 20.2 Å². The Labute approximate surface area is 170 Å². The Hall–Kier alpha value is -3.53. The van der Waals surface area contributed by atoms with Gasteiger partial charge < -0.3 is 20.3 Å². The number of amides is 3. The lowest BCUT2D eigenvalue weighted by Gasteiger charge is -2.32. The molecule has 0 radical (unpaired) electrons. The fraction of sp³-hybridized carbons (Fsp3) is 0.318. The Balaban J connectivity index is 1.42. The van der Waals surface area contributed by atoms with Gasteiger partial charge in [-0.3, -0.25) is 4.79 Å². The molecule has 1 saturated heterocycles. The fourth-order valence-electron chi connectivity index (χ4n) is 3.26. The van der Waals surface area contributed by atoms with Crippen LogP contribution in [0.5, 0.6) is 5.75 Å². The van der Waals surface area contributed by atoms with Gasteiger partial charge in [0.25, 0.3) is 5.91 Å². The molecule has 2 aromatic carbocycles. The third kappa shape index (κ3) is 5.48. The number of hydrogen-bond acceptors (Lipinski definition) is 4. The lowest BCUT2D eigenvalue weighted by atomic mass is 10.0. The maximum atomic E-state index is 12.6. The Morgan fingerprint density at radius 2 is 1.76 bits per heavy atom. The second kappa shape index (κ2) is 9.60. The number of hydrogen-bond donors (Lipinski definition) is 2. The molecular formula is C22H24N4O3. The monoisotopic (exact) mass is 392 g/mol. The predicted molar refractivity (Wildman–Crippen MR) is 108 cm³/mol. The second-order valence-electron chi connectivity index (χ2n) is 6.93. The quantitative estimate of drug-likeness (QED) is 0.818. The van der Waals surface area contributed by atoms with Crippen molar-refractivity contribution in [1.29, 1.82) is 5.26 Å². The number of nitriles is 1. The van der Waals surface area contributed by atoms with E-state index in [9.17, 15) is 9.59 Å². The smallest absolute Gasteiger partial charge is 0.315 e. The Morgan fingerprint density at radius 3 is 2.34 bits per heavy atom. The van der Waals surface area contributed by atoms with Gasteiger partial charge in [0.15, 0.2) is 0 Å². The maximum absolute atomic E-state index is 12.6. The van der Waals surface area contributed by atoms with Crippen LogP contribution in [0.4, 0.5) is 4.79 Å². The maximum Gasteiger partial charge on any atom is 0.315 e. The van der Waals surface area contributed by atoms with E-state index in [-0.39, 0.29) is 18.0 Å². The molecule has 7 heteroatoms. The van der Waals surface area contributed by atoms with Crippen LogP contribution >= 0.6 is 0 Å². The highest BCUT2D eigenvalue weighted by Crippen LogP contribution is 2.15. The lowest BCUT2D eigenvalue weighted by molar-refractivity contribution is 0.0708. The van der Waals surface area contributed by atoms with Crippen molar-refractivity contribution in [3.8, 4) is 11.8 Å². The summed E-state index contributed by atoms with van der Waals surface area (Å²) in [7, 11) is 1.62. The molecule has 3 amide bonds. The molecule has 1 aliphatic rings. The van der Waals surface area contributed by atoms with E-state index in [0.29, 0.717) is 43.6 Å². The predicted octanol–water partition coefficient (Wildman–Crippen LogP) is 2.67. The number of piperidine rings is 1. The van der Waals surface area contributed by atoms with E-state index in [1.807, 2.05) is 30.3 Å². The number of nitrogens with zero attached hydrogens (tertiary/aromatic N) is 2. The molecule has 29 heavy (non-hydrogen) atoms. The van der Waals surface area contributed by atoms with Crippen molar-refractivity contribution in [2.24, 2.45) is 0 Å².